The minimum absolute atomic E-state index is 0.689. The second-order valence-electron chi connectivity index (χ2n) is 15.0. The Morgan fingerprint density at radius 3 is 1.48 bits per heavy atom. The molecule has 1 heterocycles. The third kappa shape index (κ3) is 6.09. The number of rotatable bonds is 6. The zero-order chi connectivity index (χ0) is 38.4. The summed E-state index contributed by atoms with van der Waals surface area (Å²) < 4.78 is 0. The van der Waals surface area contributed by atoms with E-state index in [2.05, 4.69) is 218 Å². The van der Waals surface area contributed by atoms with E-state index in [1.807, 2.05) is 0 Å². The molecule has 58 heavy (non-hydrogen) atoms. The van der Waals surface area contributed by atoms with Crippen LogP contribution in [0.4, 0.5) is 0 Å². The fourth-order valence-electron chi connectivity index (χ4n) is 8.50. The van der Waals surface area contributed by atoms with E-state index in [1.54, 1.807) is 0 Å². The van der Waals surface area contributed by atoms with E-state index >= 15 is 0 Å². The summed E-state index contributed by atoms with van der Waals surface area (Å²) in [6, 6.07) is 78.3. The Bertz CT molecular complexity index is 3330. The molecule has 2 heteroatoms. The largest absolute Gasteiger partial charge is 0.228 e. The highest BCUT2D eigenvalue weighted by atomic mass is 14.9. The molecule has 270 valence electrons. The summed E-state index contributed by atoms with van der Waals surface area (Å²) in [7, 11) is 0. The van der Waals surface area contributed by atoms with Crippen LogP contribution in [-0.4, -0.2) is 9.97 Å². The van der Waals surface area contributed by atoms with Crippen LogP contribution < -0.4 is 0 Å². The van der Waals surface area contributed by atoms with E-state index in [4.69, 9.17) is 9.97 Å². The second kappa shape index (κ2) is 14.1. The Labute approximate surface area is 337 Å². The highest BCUT2D eigenvalue weighted by molar-refractivity contribution is 6.20. The van der Waals surface area contributed by atoms with Crippen molar-refractivity contribution in [2.24, 2.45) is 0 Å². The fourth-order valence-corrected chi connectivity index (χ4v) is 8.50. The Balaban J connectivity index is 1.05. The third-order valence-electron chi connectivity index (χ3n) is 11.4. The lowest BCUT2D eigenvalue weighted by atomic mass is 9.89. The highest BCUT2D eigenvalue weighted by Crippen LogP contribution is 2.40. The minimum Gasteiger partial charge on any atom is -0.228 e. The quantitative estimate of drug-likeness (QED) is 0.125. The SMILES string of the molecule is c1ccc(-c2cccc(-c3cc(-c4cccc(-c5ccc6ccccc6c5)c4)nc(-c4ccc(-c5c6ccccc6cc6c5ccc5ccccc56)cc4)n3)c2)cc1. The summed E-state index contributed by atoms with van der Waals surface area (Å²) in [5, 5.41) is 9.95. The van der Waals surface area contributed by atoms with Crippen molar-refractivity contribution in [3.63, 3.8) is 0 Å². The van der Waals surface area contributed by atoms with Gasteiger partial charge in [-0.15, -0.1) is 0 Å². The Morgan fingerprint density at radius 1 is 0.224 bits per heavy atom. The highest BCUT2D eigenvalue weighted by Gasteiger charge is 2.16. The van der Waals surface area contributed by atoms with Crippen LogP contribution in [0.15, 0.2) is 218 Å². The Kier molecular flexibility index (Phi) is 8.19. The molecule has 0 N–H and O–H groups in total. The van der Waals surface area contributed by atoms with Gasteiger partial charge < -0.3 is 0 Å². The zero-order valence-corrected chi connectivity index (χ0v) is 31.7. The molecule has 2 nitrogen and oxygen atoms in total. The van der Waals surface area contributed by atoms with E-state index in [9.17, 15) is 0 Å². The maximum atomic E-state index is 5.29. The first-order chi connectivity index (χ1) is 28.7. The number of hydrogen-bond acceptors (Lipinski definition) is 2. The minimum atomic E-state index is 0.689. The van der Waals surface area contributed by atoms with Gasteiger partial charge in [-0.05, 0) is 107 Å². The van der Waals surface area contributed by atoms with Crippen molar-refractivity contribution in [2.45, 2.75) is 0 Å². The van der Waals surface area contributed by atoms with Crippen molar-refractivity contribution < 1.29 is 0 Å². The Hall–Kier alpha value is -7.68. The van der Waals surface area contributed by atoms with E-state index in [1.165, 1.54) is 59.8 Å². The van der Waals surface area contributed by atoms with Crippen LogP contribution >= 0.6 is 0 Å². The van der Waals surface area contributed by atoms with E-state index in [0.29, 0.717) is 5.82 Å². The molecule has 0 bridgehead atoms. The van der Waals surface area contributed by atoms with Crippen molar-refractivity contribution >= 4 is 43.1 Å². The summed E-state index contributed by atoms with van der Waals surface area (Å²) in [4.78, 5) is 10.6. The molecule has 11 aromatic rings. The number of benzene rings is 10. The van der Waals surface area contributed by atoms with Crippen molar-refractivity contribution in [3.05, 3.63) is 218 Å². The van der Waals surface area contributed by atoms with Gasteiger partial charge in [-0.1, -0.05) is 188 Å². The van der Waals surface area contributed by atoms with Gasteiger partial charge in [0.25, 0.3) is 0 Å². The molecule has 11 rings (SSSR count). The average molecular weight is 737 g/mol. The lowest BCUT2D eigenvalue weighted by Crippen LogP contribution is -1.96. The second-order valence-corrected chi connectivity index (χ2v) is 15.0. The number of fused-ring (bicyclic) bond motifs is 5. The molecule has 0 saturated heterocycles. The van der Waals surface area contributed by atoms with Crippen LogP contribution in [-0.2, 0) is 0 Å². The molecule has 0 fully saturated rings. The van der Waals surface area contributed by atoms with Crippen LogP contribution in [0, 0.1) is 0 Å². The summed E-state index contributed by atoms with van der Waals surface area (Å²) >= 11 is 0. The van der Waals surface area contributed by atoms with E-state index < -0.39 is 0 Å². The summed E-state index contributed by atoms with van der Waals surface area (Å²) in [5.74, 6) is 0.689. The van der Waals surface area contributed by atoms with Crippen molar-refractivity contribution in [3.8, 4) is 67.3 Å². The summed E-state index contributed by atoms with van der Waals surface area (Å²) in [5.41, 5.74) is 11.9. The topological polar surface area (TPSA) is 25.8 Å². The van der Waals surface area contributed by atoms with Gasteiger partial charge in [0, 0.05) is 16.7 Å². The monoisotopic (exact) mass is 736 g/mol. The molecule has 0 aliphatic rings. The molecule has 0 unspecified atom stereocenters. The third-order valence-corrected chi connectivity index (χ3v) is 11.4. The van der Waals surface area contributed by atoms with Crippen LogP contribution in [0.5, 0.6) is 0 Å². The summed E-state index contributed by atoms with van der Waals surface area (Å²) in [6.07, 6.45) is 0. The van der Waals surface area contributed by atoms with E-state index in [-0.39, 0.29) is 0 Å². The Morgan fingerprint density at radius 2 is 0.741 bits per heavy atom. The molecule has 0 radical (unpaired) electrons. The molecule has 1 aromatic heterocycles. The molecule has 0 aliphatic carbocycles. The maximum Gasteiger partial charge on any atom is 0.160 e. The number of hydrogen-bond donors (Lipinski definition) is 0. The van der Waals surface area contributed by atoms with Crippen LogP contribution in [0.1, 0.15) is 0 Å². The lowest BCUT2D eigenvalue weighted by molar-refractivity contribution is 1.18. The standard InChI is InChI=1S/C56H36N2/c1-2-12-37(13-3-1)43-18-10-20-47(33-43)53-36-54(48-21-11-19-44(34-48)45-29-24-38-14-4-5-16-42(38)32-45)58-56(57-53)41-27-25-40(26-28-41)55-50-23-9-7-17-46(50)35-52-49-22-8-6-15-39(49)30-31-51(52)55/h1-36H. The first kappa shape index (κ1) is 33.6. The van der Waals surface area contributed by atoms with Crippen molar-refractivity contribution in [1.29, 1.82) is 0 Å². The van der Waals surface area contributed by atoms with Crippen molar-refractivity contribution in [2.75, 3.05) is 0 Å². The summed E-state index contributed by atoms with van der Waals surface area (Å²) in [6.45, 7) is 0. The molecule has 0 amide bonds. The van der Waals surface area contributed by atoms with Gasteiger partial charge in [0.2, 0.25) is 0 Å². The molecule has 0 spiro atoms. The van der Waals surface area contributed by atoms with Gasteiger partial charge >= 0.3 is 0 Å². The van der Waals surface area contributed by atoms with Gasteiger partial charge in [-0.25, -0.2) is 9.97 Å². The number of nitrogens with zero attached hydrogens (tertiary/aromatic N) is 2. The molecular weight excluding hydrogens is 701 g/mol. The maximum absolute atomic E-state index is 5.29. The molecule has 0 atom stereocenters. The van der Waals surface area contributed by atoms with Gasteiger partial charge in [-0.2, -0.15) is 0 Å². The van der Waals surface area contributed by atoms with Crippen LogP contribution in [0.3, 0.4) is 0 Å². The predicted octanol–water partition coefficient (Wildman–Crippen LogP) is 15.1. The van der Waals surface area contributed by atoms with Crippen LogP contribution in [0.25, 0.3) is 110 Å². The van der Waals surface area contributed by atoms with Crippen molar-refractivity contribution in [1.82, 2.24) is 9.97 Å². The molecule has 0 aliphatic heterocycles. The lowest BCUT2D eigenvalue weighted by Gasteiger charge is -2.15. The smallest absolute Gasteiger partial charge is 0.160 e. The van der Waals surface area contributed by atoms with Gasteiger partial charge in [0.1, 0.15) is 0 Å². The van der Waals surface area contributed by atoms with E-state index in [0.717, 1.165) is 44.8 Å². The van der Waals surface area contributed by atoms with Gasteiger partial charge in [0.05, 0.1) is 11.4 Å². The predicted molar refractivity (Wildman–Crippen MR) is 245 cm³/mol. The first-order valence-electron chi connectivity index (χ1n) is 19.8. The van der Waals surface area contributed by atoms with Gasteiger partial charge in [0.15, 0.2) is 5.82 Å². The molecule has 0 saturated carbocycles. The molecular formula is C56H36N2. The average Bonchev–Trinajstić information content (AvgIpc) is 3.31. The first-order valence-corrected chi connectivity index (χ1v) is 19.8. The normalized spacial score (nSPS) is 11.4. The fraction of sp³-hybridized carbons (Fsp3) is 0. The zero-order valence-electron chi connectivity index (χ0n) is 31.7. The van der Waals surface area contributed by atoms with Crippen LogP contribution in [0.2, 0.25) is 0 Å². The van der Waals surface area contributed by atoms with Gasteiger partial charge in [-0.3, -0.25) is 0 Å². The number of aromatic nitrogens is 2. The molecule has 10 aromatic carbocycles.